The van der Waals surface area contributed by atoms with Crippen LogP contribution in [0.15, 0.2) is 48.5 Å². The number of aromatic nitrogens is 3. The maximum atomic E-state index is 12.7. The summed E-state index contributed by atoms with van der Waals surface area (Å²) in [4.78, 5) is 27.6. The lowest BCUT2D eigenvalue weighted by Gasteiger charge is -2.15. The van der Waals surface area contributed by atoms with Gasteiger partial charge in [0.05, 0.1) is 23.4 Å². The van der Waals surface area contributed by atoms with Crippen molar-refractivity contribution in [2.75, 3.05) is 11.9 Å². The summed E-state index contributed by atoms with van der Waals surface area (Å²) in [5.74, 6) is 1.02. The van der Waals surface area contributed by atoms with Gasteiger partial charge in [0.25, 0.3) is 5.91 Å². The van der Waals surface area contributed by atoms with Crippen molar-refractivity contribution in [3.05, 3.63) is 76.6 Å². The second-order valence-corrected chi connectivity index (χ2v) is 8.85. The number of nitrogens with zero attached hydrogens (tertiary/aromatic N) is 3. The van der Waals surface area contributed by atoms with Gasteiger partial charge in [-0.1, -0.05) is 30.3 Å². The van der Waals surface area contributed by atoms with Crippen LogP contribution in [0.2, 0.25) is 0 Å². The largest absolute Gasteiger partial charge is 0.488 e. The Labute approximate surface area is 209 Å². The van der Waals surface area contributed by atoms with E-state index in [1.165, 1.54) is 0 Å². The second-order valence-electron chi connectivity index (χ2n) is 8.85. The molecule has 10 heteroatoms. The normalized spacial score (nSPS) is 12.6. The molecular weight excluding hydrogens is 457 g/mol. The van der Waals surface area contributed by atoms with E-state index in [1.54, 1.807) is 24.3 Å². The number of hydroxylamine groups is 1. The number of benzene rings is 2. The third-order valence-corrected chi connectivity index (χ3v) is 6.41. The molecule has 2 aromatic heterocycles. The quantitative estimate of drug-likeness (QED) is 0.223. The highest BCUT2D eigenvalue weighted by atomic mass is 16.6. The minimum absolute atomic E-state index is 0.299. The van der Waals surface area contributed by atoms with Crippen molar-refractivity contribution in [2.24, 2.45) is 0 Å². The second kappa shape index (κ2) is 10.1. The number of aryl methyl sites for hydroxylation is 2. The van der Waals surface area contributed by atoms with Crippen molar-refractivity contribution in [2.45, 2.75) is 39.7 Å². The van der Waals surface area contributed by atoms with Crippen molar-refractivity contribution in [1.82, 2.24) is 20.0 Å². The number of carbonyl (C=O) groups is 1. The van der Waals surface area contributed by atoms with E-state index < -0.39 is 7.12 Å². The van der Waals surface area contributed by atoms with Gasteiger partial charge >= 0.3 is 7.12 Å². The Morgan fingerprint density at radius 1 is 1.14 bits per heavy atom. The summed E-state index contributed by atoms with van der Waals surface area (Å²) in [5.41, 5.74) is 8.24. The van der Waals surface area contributed by atoms with Crippen LogP contribution < -0.4 is 16.3 Å². The number of hydrogen-bond donors (Lipinski definition) is 4. The SMILES string of the molecule is CCONC(=O)c1cccc2c1cc(C)n2-c1nc2c(c(NCc3cccc(B(O)O)c3)n1)CCC2. The van der Waals surface area contributed by atoms with E-state index in [4.69, 9.17) is 14.8 Å². The lowest BCUT2D eigenvalue weighted by atomic mass is 9.79. The molecule has 0 saturated carbocycles. The molecule has 0 saturated heterocycles. The number of hydrogen-bond acceptors (Lipinski definition) is 7. The van der Waals surface area contributed by atoms with Crippen LogP contribution in [-0.2, 0) is 24.2 Å². The zero-order chi connectivity index (χ0) is 25.2. The smallest absolute Gasteiger partial charge is 0.423 e. The molecule has 0 unspecified atom stereocenters. The lowest BCUT2D eigenvalue weighted by Crippen LogP contribution is -2.30. The number of amides is 1. The molecular formula is C26H28BN5O4. The summed E-state index contributed by atoms with van der Waals surface area (Å²) >= 11 is 0. The Hall–Kier alpha value is -3.73. The van der Waals surface area contributed by atoms with Crippen LogP contribution in [0, 0.1) is 6.92 Å². The third-order valence-electron chi connectivity index (χ3n) is 6.41. The van der Waals surface area contributed by atoms with E-state index in [0.29, 0.717) is 30.1 Å². The van der Waals surface area contributed by atoms with E-state index in [1.807, 2.05) is 42.7 Å². The van der Waals surface area contributed by atoms with Crippen molar-refractivity contribution >= 4 is 35.2 Å². The van der Waals surface area contributed by atoms with Crippen molar-refractivity contribution in [3.63, 3.8) is 0 Å². The van der Waals surface area contributed by atoms with Gasteiger partial charge in [-0.05, 0) is 62.3 Å². The molecule has 0 bridgehead atoms. The van der Waals surface area contributed by atoms with Gasteiger partial charge in [0.2, 0.25) is 5.95 Å². The predicted molar refractivity (Wildman–Crippen MR) is 138 cm³/mol. The number of nitrogens with one attached hydrogen (secondary N) is 2. The molecule has 184 valence electrons. The first-order valence-corrected chi connectivity index (χ1v) is 12.1. The first-order valence-electron chi connectivity index (χ1n) is 12.1. The molecule has 2 heterocycles. The molecule has 1 aliphatic carbocycles. The van der Waals surface area contributed by atoms with Crippen LogP contribution >= 0.6 is 0 Å². The van der Waals surface area contributed by atoms with Crippen LogP contribution in [-0.4, -0.2) is 44.2 Å². The first kappa shape index (κ1) is 24.0. The highest BCUT2D eigenvalue weighted by Gasteiger charge is 2.22. The van der Waals surface area contributed by atoms with Gasteiger partial charge in [-0.25, -0.2) is 10.5 Å². The van der Waals surface area contributed by atoms with E-state index >= 15 is 0 Å². The summed E-state index contributed by atoms with van der Waals surface area (Å²) < 4.78 is 1.97. The molecule has 5 rings (SSSR count). The summed E-state index contributed by atoms with van der Waals surface area (Å²) in [7, 11) is -1.51. The van der Waals surface area contributed by atoms with Gasteiger partial charge in [0.15, 0.2) is 0 Å². The third kappa shape index (κ3) is 4.58. The molecule has 0 aliphatic heterocycles. The fraction of sp³-hybridized carbons (Fsp3) is 0.269. The lowest BCUT2D eigenvalue weighted by molar-refractivity contribution is 0.0366. The van der Waals surface area contributed by atoms with Gasteiger partial charge in [0.1, 0.15) is 5.82 Å². The van der Waals surface area contributed by atoms with Gasteiger partial charge < -0.3 is 15.4 Å². The Kier molecular flexibility index (Phi) is 6.73. The average molecular weight is 485 g/mol. The maximum Gasteiger partial charge on any atom is 0.488 e. The number of rotatable bonds is 8. The Bertz CT molecular complexity index is 1440. The van der Waals surface area contributed by atoms with Crippen LogP contribution in [0.25, 0.3) is 16.9 Å². The standard InChI is InChI=1S/C26H28BN5O4/c1-3-36-31-25(33)19-9-6-12-23-21(19)13-16(2)32(23)26-29-22-11-5-10-20(22)24(30-26)28-15-17-7-4-8-18(14-17)27(34)35/h4,6-9,12-14,34-35H,3,5,10-11,15H2,1-2H3,(H,31,33)(H,28,29,30). The minimum atomic E-state index is -1.51. The van der Waals surface area contributed by atoms with Gasteiger partial charge in [-0.2, -0.15) is 4.98 Å². The summed E-state index contributed by atoms with van der Waals surface area (Å²) in [6.07, 6.45) is 2.80. The summed E-state index contributed by atoms with van der Waals surface area (Å²) in [5, 5.41) is 23.2. The summed E-state index contributed by atoms with van der Waals surface area (Å²) in [6, 6.07) is 14.7. The monoisotopic (exact) mass is 485 g/mol. The van der Waals surface area contributed by atoms with Gasteiger partial charge in [-0.3, -0.25) is 14.2 Å². The van der Waals surface area contributed by atoms with Crippen LogP contribution in [0.1, 0.15) is 46.2 Å². The highest BCUT2D eigenvalue weighted by molar-refractivity contribution is 6.58. The van der Waals surface area contributed by atoms with Crippen LogP contribution in [0.3, 0.4) is 0 Å². The average Bonchev–Trinajstić information content (AvgIpc) is 3.49. The topological polar surface area (TPSA) is 122 Å². The number of carbonyl (C=O) groups excluding carboxylic acids is 1. The maximum absolute atomic E-state index is 12.7. The molecule has 1 amide bonds. The minimum Gasteiger partial charge on any atom is -0.423 e. The number of anilines is 1. The van der Waals surface area contributed by atoms with Crippen molar-refractivity contribution in [3.8, 4) is 5.95 Å². The molecule has 1 aliphatic rings. The van der Waals surface area contributed by atoms with E-state index in [2.05, 4.69) is 10.8 Å². The van der Waals surface area contributed by atoms with Crippen LogP contribution in [0.5, 0.6) is 0 Å². The zero-order valence-electron chi connectivity index (χ0n) is 20.3. The fourth-order valence-corrected chi connectivity index (χ4v) is 4.73. The molecule has 2 aromatic carbocycles. The molecule has 0 atom stereocenters. The predicted octanol–water partition coefficient (Wildman–Crippen LogP) is 2.19. The van der Waals surface area contributed by atoms with E-state index in [9.17, 15) is 14.8 Å². The van der Waals surface area contributed by atoms with Crippen LogP contribution in [0.4, 0.5) is 5.82 Å². The molecule has 4 N–H and O–H groups in total. The van der Waals surface area contributed by atoms with Gasteiger partial charge in [0, 0.05) is 23.2 Å². The first-order chi connectivity index (χ1) is 17.5. The highest BCUT2D eigenvalue weighted by Crippen LogP contribution is 2.31. The zero-order valence-corrected chi connectivity index (χ0v) is 20.3. The molecule has 0 radical (unpaired) electrons. The molecule has 0 fully saturated rings. The Balaban J connectivity index is 1.52. The van der Waals surface area contributed by atoms with Gasteiger partial charge in [-0.15, -0.1) is 0 Å². The molecule has 9 nitrogen and oxygen atoms in total. The fourth-order valence-electron chi connectivity index (χ4n) is 4.73. The number of fused-ring (bicyclic) bond motifs is 2. The van der Waals surface area contributed by atoms with Crippen molar-refractivity contribution < 1.29 is 19.7 Å². The Morgan fingerprint density at radius 2 is 1.97 bits per heavy atom. The van der Waals surface area contributed by atoms with E-state index in [0.717, 1.165) is 58.5 Å². The molecule has 0 spiro atoms. The van der Waals surface area contributed by atoms with Crippen molar-refractivity contribution in [1.29, 1.82) is 0 Å². The van der Waals surface area contributed by atoms with E-state index in [-0.39, 0.29) is 5.91 Å². The summed E-state index contributed by atoms with van der Waals surface area (Å²) in [6.45, 7) is 4.65. The molecule has 4 aromatic rings. The Morgan fingerprint density at radius 3 is 2.78 bits per heavy atom. The molecule has 36 heavy (non-hydrogen) atoms.